The molecule has 0 N–H and O–H groups in total. The van der Waals surface area contributed by atoms with E-state index >= 15 is 0 Å². The number of fused-ring (bicyclic) bond motifs is 2. The molecule has 0 unspecified atom stereocenters. The molecule has 0 atom stereocenters. The number of ether oxygens (including phenoxy) is 2. The second kappa shape index (κ2) is 20.0. The predicted molar refractivity (Wildman–Crippen MR) is 283 cm³/mol. The third-order valence-electron chi connectivity index (χ3n) is 11.7. The van der Waals surface area contributed by atoms with E-state index in [0.717, 1.165) is 68.5 Å². The lowest BCUT2D eigenvalue weighted by Crippen LogP contribution is -2.10. The molecule has 9 aromatic carbocycles. The Kier molecular flexibility index (Phi) is 13.0. The SMILES string of the molecule is C=CC(=O)Oc1ccc(N(c2ccc(C)cc2)c2ccc(/C=C\c3c4ccccc4c(/C=C\c4ccc(N(c5ccc(C)cc5)c5ccc(OC(=O)C=C)cc5)cc4)c4ccccc34)cc2)cc1. The van der Waals surface area contributed by atoms with Gasteiger partial charge in [0.25, 0.3) is 0 Å². The zero-order valence-electron chi connectivity index (χ0n) is 37.9. The Bertz CT molecular complexity index is 3050. The molecule has 0 heterocycles. The lowest BCUT2D eigenvalue weighted by Gasteiger charge is -2.26. The van der Waals surface area contributed by atoms with Gasteiger partial charge in [-0.2, -0.15) is 0 Å². The van der Waals surface area contributed by atoms with Crippen molar-refractivity contribution in [2.24, 2.45) is 0 Å². The van der Waals surface area contributed by atoms with E-state index in [4.69, 9.17) is 9.47 Å². The van der Waals surface area contributed by atoms with E-state index < -0.39 is 11.9 Å². The molecule has 9 aromatic rings. The molecule has 0 radical (unpaired) electrons. The minimum absolute atomic E-state index is 0.455. The number of esters is 2. The van der Waals surface area contributed by atoms with Gasteiger partial charge in [-0.05, 0) is 155 Å². The van der Waals surface area contributed by atoms with Crippen LogP contribution in [0, 0.1) is 13.8 Å². The van der Waals surface area contributed by atoms with Crippen LogP contribution in [0.15, 0.2) is 219 Å². The fourth-order valence-electron chi connectivity index (χ4n) is 8.31. The Labute approximate surface area is 397 Å². The molecule has 6 nitrogen and oxygen atoms in total. The van der Waals surface area contributed by atoms with Crippen molar-refractivity contribution >= 4 is 91.9 Å². The molecule has 0 saturated heterocycles. The lowest BCUT2D eigenvalue weighted by molar-refractivity contribution is -0.129. The highest BCUT2D eigenvalue weighted by Gasteiger charge is 2.16. The first-order valence-corrected chi connectivity index (χ1v) is 22.4. The fourth-order valence-corrected chi connectivity index (χ4v) is 8.31. The molecular weight excluding hydrogens is 837 g/mol. The van der Waals surface area contributed by atoms with Crippen LogP contribution in [0.25, 0.3) is 45.8 Å². The molecule has 0 aliphatic carbocycles. The van der Waals surface area contributed by atoms with Gasteiger partial charge in [0.2, 0.25) is 0 Å². The number of rotatable bonds is 14. The van der Waals surface area contributed by atoms with Gasteiger partial charge >= 0.3 is 11.9 Å². The number of benzene rings is 9. The highest BCUT2D eigenvalue weighted by molar-refractivity contribution is 6.14. The maximum atomic E-state index is 11.8. The average molecular weight is 885 g/mol. The first kappa shape index (κ1) is 44.2. The summed E-state index contributed by atoms with van der Waals surface area (Å²) in [5.74, 6) is -0.0824. The van der Waals surface area contributed by atoms with Crippen molar-refractivity contribution in [1.29, 1.82) is 0 Å². The smallest absolute Gasteiger partial charge is 0.335 e. The van der Waals surface area contributed by atoms with Crippen LogP contribution in [0.1, 0.15) is 33.4 Å². The van der Waals surface area contributed by atoms with Gasteiger partial charge in [0.1, 0.15) is 11.5 Å². The topological polar surface area (TPSA) is 59.1 Å². The van der Waals surface area contributed by atoms with Crippen molar-refractivity contribution < 1.29 is 19.1 Å². The average Bonchev–Trinajstić information content (AvgIpc) is 3.38. The Morgan fingerprint density at radius 1 is 0.368 bits per heavy atom. The monoisotopic (exact) mass is 884 g/mol. The molecule has 0 bridgehead atoms. The van der Waals surface area contributed by atoms with E-state index in [-0.39, 0.29) is 0 Å². The number of anilines is 6. The minimum Gasteiger partial charge on any atom is -0.423 e. The molecule has 68 heavy (non-hydrogen) atoms. The second-order valence-corrected chi connectivity index (χ2v) is 16.3. The van der Waals surface area contributed by atoms with Gasteiger partial charge < -0.3 is 19.3 Å². The van der Waals surface area contributed by atoms with Crippen LogP contribution >= 0.6 is 0 Å². The van der Waals surface area contributed by atoms with Crippen molar-refractivity contribution in [2.75, 3.05) is 9.80 Å². The van der Waals surface area contributed by atoms with Gasteiger partial charge in [-0.3, -0.25) is 0 Å². The number of hydrogen-bond acceptors (Lipinski definition) is 6. The molecule has 0 saturated carbocycles. The standard InChI is InChI=1S/C62H48N2O4/c1-5-61(65)67-53-37-33-51(34-38-53)63(47-25-15-43(3)16-26-47)49-29-19-45(20-30-49)23-41-59-55-11-7-9-13-57(55)60(58-14-10-8-12-56(58)59)42-24-46-21-31-50(32-22-46)64(48-27-17-44(4)18-28-48)52-35-39-54(40-36-52)68-62(66)6-2/h5-42H,1-2H2,3-4H3/b41-23-,42-24-. The number of nitrogens with zero attached hydrogens (tertiary/aromatic N) is 2. The Morgan fingerprint density at radius 3 is 0.912 bits per heavy atom. The van der Waals surface area contributed by atoms with Gasteiger partial charge in [-0.25, -0.2) is 9.59 Å². The Hall–Kier alpha value is -9.00. The van der Waals surface area contributed by atoms with Crippen LogP contribution in [-0.2, 0) is 9.59 Å². The second-order valence-electron chi connectivity index (χ2n) is 16.3. The van der Waals surface area contributed by atoms with E-state index in [2.05, 4.69) is 207 Å². The van der Waals surface area contributed by atoms with Crippen molar-refractivity contribution in [3.05, 3.63) is 253 Å². The summed E-state index contributed by atoms with van der Waals surface area (Å²) in [5, 5.41) is 4.67. The highest BCUT2D eigenvalue weighted by Crippen LogP contribution is 2.39. The van der Waals surface area contributed by atoms with E-state index in [1.54, 1.807) is 24.3 Å². The van der Waals surface area contributed by atoms with E-state index in [9.17, 15) is 9.59 Å². The zero-order chi connectivity index (χ0) is 47.0. The number of hydrogen-bond donors (Lipinski definition) is 0. The third kappa shape index (κ3) is 9.81. The van der Waals surface area contributed by atoms with Crippen LogP contribution in [0.5, 0.6) is 11.5 Å². The summed E-state index contributed by atoms with van der Waals surface area (Å²) in [7, 11) is 0. The van der Waals surface area contributed by atoms with Gasteiger partial charge in [-0.15, -0.1) is 0 Å². The van der Waals surface area contributed by atoms with Crippen LogP contribution in [0.3, 0.4) is 0 Å². The Morgan fingerprint density at radius 2 is 0.632 bits per heavy atom. The summed E-state index contributed by atoms with van der Waals surface area (Å²) in [6, 6.07) is 66.1. The normalized spacial score (nSPS) is 11.2. The van der Waals surface area contributed by atoms with Crippen LogP contribution in [0.4, 0.5) is 34.1 Å². The van der Waals surface area contributed by atoms with E-state index in [1.165, 1.54) is 32.7 Å². The maximum Gasteiger partial charge on any atom is 0.335 e. The molecule has 6 heteroatoms. The summed E-state index contributed by atoms with van der Waals surface area (Å²) in [6.07, 6.45) is 11.1. The molecule has 0 fully saturated rings. The molecule has 0 spiro atoms. The van der Waals surface area contributed by atoms with Crippen LogP contribution < -0.4 is 19.3 Å². The predicted octanol–water partition coefficient (Wildman–Crippen LogP) is 16.1. The van der Waals surface area contributed by atoms with Gasteiger partial charge in [-0.1, -0.05) is 146 Å². The van der Waals surface area contributed by atoms with Crippen molar-refractivity contribution in [2.45, 2.75) is 13.8 Å². The first-order chi connectivity index (χ1) is 33.2. The molecule has 0 amide bonds. The third-order valence-corrected chi connectivity index (χ3v) is 11.7. The number of carbonyl (C=O) groups excluding carboxylic acids is 2. The summed E-state index contributed by atoms with van der Waals surface area (Å²) in [4.78, 5) is 28.0. The molecule has 330 valence electrons. The summed E-state index contributed by atoms with van der Waals surface area (Å²) in [6.45, 7) is 11.2. The summed E-state index contributed by atoms with van der Waals surface area (Å²) in [5.41, 5.74) is 12.7. The van der Waals surface area contributed by atoms with E-state index in [1.807, 2.05) is 24.3 Å². The van der Waals surface area contributed by atoms with Gasteiger partial charge in [0, 0.05) is 46.3 Å². The molecule has 9 rings (SSSR count). The molecular formula is C62H48N2O4. The number of aryl methyl sites for hydroxylation is 2. The van der Waals surface area contributed by atoms with Crippen LogP contribution in [-0.4, -0.2) is 11.9 Å². The highest BCUT2D eigenvalue weighted by atomic mass is 16.5. The van der Waals surface area contributed by atoms with E-state index in [0.29, 0.717) is 11.5 Å². The molecule has 0 aromatic heterocycles. The molecule has 0 aliphatic heterocycles. The number of carbonyl (C=O) groups is 2. The largest absolute Gasteiger partial charge is 0.423 e. The minimum atomic E-state index is -0.496. The van der Waals surface area contributed by atoms with Gasteiger partial charge in [0.05, 0.1) is 0 Å². The summed E-state index contributed by atoms with van der Waals surface area (Å²) >= 11 is 0. The van der Waals surface area contributed by atoms with Crippen molar-refractivity contribution in [3.8, 4) is 11.5 Å². The van der Waals surface area contributed by atoms with Crippen molar-refractivity contribution in [3.63, 3.8) is 0 Å². The first-order valence-electron chi connectivity index (χ1n) is 22.4. The van der Waals surface area contributed by atoms with Crippen LogP contribution in [0.2, 0.25) is 0 Å². The lowest BCUT2D eigenvalue weighted by atomic mass is 9.91. The molecule has 0 aliphatic rings. The fraction of sp³-hybridized carbons (Fsp3) is 0.0323. The Balaban J connectivity index is 1.00. The zero-order valence-corrected chi connectivity index (χ0v) is 37.9. The van der Waals surface area contributed by atoms with Gasteiger partial charge in [0.15, 0.2) is 0 Å². The quantitative estimate of drug-likeness (QED) is 0.0356. The summed E-state index contributed by atoms with van der Waals surface area (Å²) < 4.78 is 10.7. The van der Waals surface area contributed by atoms with Crippen molar-refractivity contribution in [1.82, 2.24) is 0 Å². The maximum absolute atomic E-state index is 11.8.